The summed E-state index contributed by atoms with van der Waals surface area (Å²) in [7, 11) is 0. The van der Waals surface area contributed by atoms with Gasteiger partial charge in [0.1, 0.15) is 5.78 Å². The number of ketones is 1. The van der Waals surface area contributed by atoms with E-state index in [2.05, 4.69) is 4.99 Å². The number of aliphatic hydroxyl groups excluding tert-OH is 9. The lowest BCUT2D eigenvalue weighted by molar-refractivity contribution is -0.124. The second-order valence-corrected chi connectivity index (χ2v) is 11.6. The molecule has 0 rings (SSSR count). The van der Waals surface area contributed by atoms with E-state index in [1.807, 2.05) is 6.92 Å². The molecule has 9 unspecified atom stereocenters. The van der Waals surface area contributed by atoms with Gasteiger partial charge in [-0.1, -0.05) is 38.2 Å². The number of Topliss-reactive ketones (excluding diaryl/α,β-unsaturated/α-hetero) is 1. The molecule has 0 spiro atoms. The molecular formula is C31H57NO10. The number of nitrogens with zero attached hydrogens (tertiary/aromatic N) is 1. The number of carbonyl (C=O) groups excluding carboxylic acids is 1. The summed E-state index contributed by atoms with van der Waals surface area (Å²) < 4.78 is 0. The standard InChI is InChI=1S/C31H57NO10/c1-4-32-13-7-12-26(37)14-22(33)8-5-9-23(34)15-27(38)18-28(39)16-24(35)10-6-11-25(36)17-29(40)19-30(41)20-31(42)21(2)3/h4-6,9,11,21-30,33-41H,7-8,10,12-20H2,1-3H3/b9-5+,11-6+,32-4+. The van der Waals surface area contributed by atoms with Crippen LogP contribution in [0.3, 0.4) is 0 Å². The van der Waals surface area contributed by atoms with E-state index in [9.17, 15) is 50.8 Å². The molecule has 42 heavy (non-hydrogen) atoms. The van der Waals surface area contributed by atoms with Crippen molar-refractivity contribution in [2.75, 3.05) is 6.54 Å². The van der Waals surface area contributed by atoms with Crippen LogP contribution in [-0.4, -0.2) is 119 Å². The van der Waals surface area contributed by atoms with Crippen LogP contribution in [0.25, 0.3) is 0 Å². The number of aliphatic imine (C=N–C) groups is 1. The lowest BCUT2D eigenvalue weighted by atomic mass is 9.97. The summed E-state index contributed by atoms with van der Waals surface area (Å²) in [6, 6.07) is 0. The number of aliphatic hydroxyl groups is 9. The van der Waals surface area contributed by atoms with Crippen molar-refractivity contribution >= 4 is 12.0 Å². The molecule has 0 aromatic heterocycles. The van der Waals surface area contributed by atoms with Crippen LogP contribution in [0.2, 0.25) is 0 Å². The topological polar surface area (TPSA) is 211 Å². The lowest BCUT2D eigenvalue weighted by Crippen LogP contribution is -2.25. The minimum Gasteiger partial charge on any atom is -0.393 e. The maximum absolute atomic E-state index is 11.7. The van der Waals surface area contributed by atoms with E-state index in [0.29, 0.717) is 13.0 Å². The van der Waals surface area contributed by atoms with Crippen LogP contribution in [0.4, 0.5) is 0 Å². The Kier molecular flexibility index (Phi) is 23.0. The van der Waals surface area contributed by atoms with Crippen molar-refractivity contribution in [2.45, 2.75) is 146 Å². The Morgan fingerprint density at radius 3 is 1.52 bits per heavy atom. The molecule has 0 bridgehead atoms. The smallest absolute Gasteiger partial charge is 0.137 e. The van der Waals surface area contributed by atoms with Gasteiger partial charge in [-0.15, -0.1) is 0 Å². The molecule has 9 atom stereocenters. The van der Waals surface area contributed by atoms with Crippen molar-refractivity contribution in [3.05, 3.63) is 24.3 Å². The van der Waals surface area contributed by atoms with Crippen molar-refractivity contribution < 1.29 is 50.8 Å². The van der Waals surface area contributed by atoms with E-state index in [4.69, 9.17) is 0 Å². The first kappa shape index (κ1) is 40.5. The quantitative estimate of drug-likeness (QED) is 0.0409. The Morgan fingerprint density at radius 1 is 0.619 bits per heavy atom. The van der Waals surface area contributed by atoms with Gasteiger partial charge in [0.25, 0.3) is 0 Å². The summed E-state index contributed by atoms with van der Waals surface area (Å²) in [5, 5.41) is 90.7. The molecule has 0 radical (unpaired) electrons. The largest absolute Gasteiger partial charge is 0.393 e. The van der Waals surface area contributed by atoms with E-state index in [1.165, 1.54) is 18.2 Å². The summed E-state index contributed by atoms with van der Waals surface area (Å²) in [5.41, 5.74) is 0. The van der Waals surface area contributed by atoms with Crippen LogP contribution in [0, 0.1) is 5.92 Å². The van der Waals surface area contributed by atoms with Crippen LogP contribution in [0.1, 0.15) is 91.4 Å². The molecule has 0 aliphatic rings. The van der Waals surface area contributed by atoms with Gasteiger partial charge in [0.15, 0.2) is 0 Å². The summed E-state index contributed by atoms with van der Waals surface area (Å²) in [6.07, 6.45) is 0.941. The second-order valence-electron chi connectivity index (χ2n) is 11.6. The first-order chi connectivity index (χ1) is 19.7. The molecule has 0 amide bonds. The van der Waals surface area contributed by atoms with Crippen LogP contribution in [0.5, 0.6) is 0 Å². The molecule has 9 N–H and O–H groups in total. The van der Waals surface area contributed by atoms with Gasteiger partial charge >= 0.3 is 0 Å². The van der Waals surface area contributed by atoms with E-state index in [1.54, 1.807) is 26.1 Å². The number of hydrogen-bond acceptors (Lipinski definition) is 11. The molecule has 0 aromatic carbocycles. The average molecular weight is 604 g/mol. The minimum absolute atomic E-state index is 0.0263. The van der Waals surface area contributed by atoms with Crippen LogP contribution < -0.4 is 0 Å². The Hall–Kier alpha value is -1.54. The zero-order chi connectivity index (χ0) is 32.1. The highest BCUT2D eigenvalue weighted by Crippen LogP contribution is 2.15. The van der Waals surface area contributed by atoms with Gasteiger partial charge in [0.05, 0.1) is 54.9 Å². The molecule has 11 heteroatoms. The first-order valence-corrected chi connectivity index (χ1v) is 15.2. The highest BCUT2D eigenvalue weighted by molar-refractivity contribution is 5.80. The van der Waals surface area contributed by atoms with Crippen molar-refractivity contribution in [2.24, 2.45) is 10.9 Å². The Balaban J connectivity index is 4.23. The predicted molar refractivity (Wildman–Crippen MR) is 162 cm³/mol. The lowest BCUT2D eigenvalue weighted by Gasteiger charge is -2.19. The number of carbonyl (C=O) groups is 1. The molecule has 0 aromatic rings. The third-order valence-corrected chi connectivity index (χ3v) is 6.82. The molecule has 0 heterocycles. The molecule has 0 saturated heterocycles. The summed E-state index contributed by atoms with van der Waals surface area (Å²) in [6.45, 7) is 5.93. The molecule has 0 saturated carbocycles. The van der Waals surface area contributed by atoms with Gasteiger partial charge in [-0.2, -0.15) is 0 Å². The van der Waals surface area contributed by atoms with Crippen molar-refractivity contribution in [1.82, 2.24) is 0 Å². The van der Waals surface area contributed by atoms with Gasteiger partial charge in [-0.25, -0.2) is 0 Å². The fourth-order valence-electron chi connectivity index (χ4n) is 4.45. The summed E-state index contributed by atoms with van der Waals surface area (Å²) >= 11 is 0. The molecule has 11 nitrogen and oxygen atoms in total. The van der Waals surface area contributed by atoms with Crippen LogP contribution >= 0.6 is 0 Å². The molecule has 0 fully saturated rings. The SMILES string of the molecule is C/C=N/CCCC(O)CC(O)C/C=C/C(O)CC(O)CC(O)CC(O)C/C=C/C(O)CC(O)CC(O)CC(=O)C(C)C. The van der Waals surface area contributed by atoms with Gasteiger partial charge in [0.2, 0.25) is 0 Å². The fraction of sp³-hybridized carbons (Fsp3) is 0.806. The zero-order valence-electron chi connectivity index (χ0n) is 25.5. The maximum Gasteiger partial charge on any atom is 0.137 e. The van der Waals surface area contributed by atoms with E-state index < -0.39 is 54.9 Å². The van der Waals surface area contributed by atoms with Crippen LogP contribution in [-0.2, 0) is 4.79 Å². The monoisotopic (exact) mass is 603 g/mol. The highest BCUT2D eigenvalue weighted by Gasteiger charge is 2.20. The van der Waals surface area contributed by atoms with Crippen molar-refractivity contribution in [1.29, 1.82) is 0 Å². The Labute approximate surface area is 251 Å². The van der Waals surface area contributed by atoms with Crippen LogP contribution in [0.15, 0.2) is 29.3 Å². The van der Waals surface area contributed by atoms with E-state index in [0.717, 1.165) is 6.42 Å². The fourth-order valence-corrected chi connectivity index (χ4v) is 4.45. The third-order valence-electron chi connectivity index (χ3n) is 6.82. The number of hydrogen-bond donors (Lipinski definition) is 9. The molecule has 0 aliphatic carbocycles. The van der Waals surface area contributed by atoms with Gasteiger partial charge in [-0.05, 0) is 64.5 Å². The second kappa shape index (κ2) is 23.9. The summed E-state index contributed by atoms with van der Waals surface area (Å²) in [4.78, 5) is 15.7. The van der Waals surface area contributed by atoms with Gasteiger partial charge in [-0.3, -0.25) is 9.79 Å². The predicted octanol–water partition coefficient (Wildman–Crippen LogP) is 0.954. The Bertz CT molecular complexity index is 775. The van der Waals surface area contributed by atoms with Crippen molar-refractivity contribution in [3.8, 4) is 0 Å². The van der Waals surface area contributed by atoms with E-state index >= 15 is 0 Å². The molecular weight excluding hydrogens is 546 g/mol. The average Bonchev–Trinajstić information content (AvgIpc) is 2.85. The molecule has 0 aliphatic heterocycles. The van der Waals surface area contributed by atoms with Gasteiger partial charge < -0.3 is 46.0 Å². The Morgan fingerprint density at radius 2 is 1.05 bits per heavy atom. The highest BCUT2D eigenvalue weighted by atomic mass is 16.3. The van der Waals surface area contributed by atoms with Gasteiger partial charge in [0, 0.05) is 31.7 Å². The number of rotatable bonds is 25. The maximum atomic E-state index is 11.7. The molecule has 246 valence electrons. The third kappa shape index (κ3) is 23.0. The van der Waals surface area contributed by atoms with E-state index in [-0.39, 0.29) is 69.5 Å². The first-order valence-electron chi connectivity index (χ1n) is 15.2. The zero-order valence-corrected chi connectivity index (χ0v) is 25.5. The summed E-state index contributed by atoms with van der Waals surface area (Å²) in [5.74, 6) is -0.303. The van der Waals surface area contributed by atoms with Crippen molar-refractivity contribution in [3.63, 3.8) is 0 Å². The normalized spacial score (nSPS) is 19.3. The minimum atomic E-state index is -1.02.